The van der Waals surface area contributed by atoms with Crippen LogP contribution < -0.4 is 5.32 Å². The highest BCUT2D eigenvalue weighted by Crippen LogP contribution is 2.45. The van der Waals surface area contributed by atoms with Crippen molar-refractivity contribution in [2.75, 3.05) is 0 Å². The smallest absolute Gasteiger partial charge is 0.120 e. The molecule has 0 radical (unpaired) electrons. The van der Waals surface area contributed by atoms with E-state index in [0.29, 0.717) is 11.7 Å². The summed E-state index contributed by atoms with van der Waals surface area (Å²) in [7, 11) is 0. The molecule has 2 aromatic rings. The van der Waals surface area contributed by atoms with Gasteiger partial charge >= 0.3 is 0 Å². The molecule has 2 unspecified atom stereocenters. The Morgan fingerprint density at radius 2 is 1.81 bits per heavy atom. The Balaban J connectivity index is 1.84. The minimum atomic E-state index is 0.245. The Kier molecular flexibility index (Phi) is 3.73. The maximum atomic E-state index is 10.3. The molecule has 0 saturated heterocycles. The number of rotatable bonds is 3. The van der Waals surface area contributed by atoms with Crippen LogP contribution >= 0.6 is 0 Å². The highest BCUT2D eigenvalue weighted by molar-refractivity contribution is 5.51. The Hall–Kier alpha value is -1.80. The molecule has 2 atom stereocenters. The van der Waals surface area contributed by atoms with Crippen LogP contribution in [0.25, 0.3) is 0 Å². The van der Waals surface area contributed by atoms with E-state index < -0.39 is 0 Å². The molecule has 2 aromatic carbocycles. The van der Waals surface area contributed by atoms with E-state index in [1.165, 1.54) is 22.3 Å². The van der Waals surface area contributed by atoms with Gasteiger partial charge in [0, 0.05) is 18.2 Å². The van der Waals surface area contributed by atoms with Gasteiger partial charge in [-0.3, -0.25) is 0 Å². The summed E-state index contributed by atoms with van der Waals surface area (Å²) in [6, 6.07) is 12.6. The van der Waals surface area contributed by atoms with Crippen molar-refractivity contribution in [3.63, 3.8) is 0 Å². The number of fused-ring (bicyclic) bond motifs is 1. The summed E-state index contributed by atoms with van der Waals surface area (Å²) in [6.07, 6.45) is 1.06. The van der Waals surface area contributed by atoms with Crippen molar-refractivity contribution in [2.24, 2.45) is 0 Å². The van der Waals surface area contributed by atoms with Gasteiger partial charge in [-0.1, -0.05) is 37.3 Å². The number of nitrogens with one attached hydrogen (secondary N) is 1. The number of hydrogen-bond acceptors (Lipinski definition) is 2. The number of aryl methyl sites for hydroxylation is 2. The lowest BCUT2D eigenvalue weighted by molar-refractivity contribution is 0.445. The number of aromatic hydroxyl groups is 1. The third-order valence-corrected chi connectivity index (χ3v) is 4.71. The Labute approximate surface area is 126 Å². The second kappa shape index (κ2) is 5.53. The topological polar surface area (TPSA) is 32.3 Å². The molecule has 0 bridgehead atoms. The fourth-order valence-corrected chi connectivity index (χ4v) is 3.57. The largest absolute Gasteiger partial charge is 0.508 e. The summed E-state index contributed by atoms with van der Waals surface area (Å²) in [5.74, 6) is 0.934. The van der Waals surface area contributed by atoms with Crippen molar-refractivity contribution < 1.29 is 5.11 Å². The monoisotopic (exact) mass is 281 g/mol. The molecule has 0 amide bonds. The summed E-state index contributed by atoms with van der Waals surface area (Å²) in [5, 5.41) is 13.9. The van der Waals surface area contributed by atoms with Crippen molar-refractivity contribution in [3.8, 4) is 5.75 Å². The molecule has 2 heteroatoms. The number of phenols is 1. The van der Waals surface area contributed by atoms with Crippen molar-refractivity contribution in [1.82, 2.24) is 5.32 Å². The zero-order valence-electron chi connectivity index (χ0n) is 13.0. The zero-order chi connectivity index (χ0) is 15.0. The fraction of sp³-hybridized carbons (Fsp3) is 0.368. The molecule has 0 heterocycles. The van der Waals surface area contributed by atoms with Crippen molar-refractivity contribution in [2.45, 2.75) is 45.7 Å². The maximum absolute atomic E-state index is 10.3. The molecule has 21 heavy (non-hydrogen) atoms. The van der Waals surface area contributed by atoms with E-state index in [2.05, 4.69) is 50.4 Å². The van der Waals surface area contributed by atoms with Gasteiger partial charge in [-0.25, -0.2) is 0 Å². The highest BCUT2D eigenvalue weighted by atomic mass is 16.3. The average molecular weight is 281 g/mol. The summed E-state index contributed by atoms with van der Waals surface area (Å²) in [6.45, 7) is 7.37. The molecule has 0 spiro atoms. The van der Waals surface area contributed by atoms with E-state index in [1.54, 1.807) is 0 Å². The van der Waals surface area contributed by atoms with Crippen LogP contribution in [0.2, 0.25) is 0 Å². The SMILES string of the molecule is Cc1ccccc1CNC1CC(C)c2c(C)ccc(O)c21. The number of phenolic OH excluding ortho intramolecular Hbond substituents is 1. The predicted molar refractivity (Wildman–Crippen MR) is 86.6 cm³/mol. The highest BCUT2D eigenvalue weighted by Gasteiger charge is 2.31. The van der Waals surface area contributed by atoms with Gasteiger partial charge in [-0.2, -0.15) is 0 Å². The molecule has 110 valence electrons. The minimum absolute atomic E-state index is 0.245. The number of benzene rings is 2. The zero-order valence-corrected chi connectivity index (χ0v) is 13.0. The lowest BCUT2D eigenvalue weighted by Crippen LogP contribution is -2.19. The van der Waals surface area contributed by atoms with Gasteiger partial charge in [-0.05, 0) is 54.5 Å². The molecule has 3 rings (SSSR count). The van der Waals surface area contributed by atoms with Crippen LogP contribution in [0.15, 0.2) is 36.4 Å². The van der Waals surface area contributed by atoms with E-state index >= 15 is 0 Å². The molecule has 2 nitrogen and oxygen atoms in total. The second-order valence-corrected chi connectivity index (χ2v) is 6.23. The van der Waals surface area contributed by atoms with Crippen molar-refractivity contribution >= 4 is 0 Å². The van der Waals surface area contributed by atoms with Crippen LogP contribution in [0.4, 0.5) is 0 Å². The molecule has 0 saturated carbocycles. The summed E-state index contributed by atoms with van der Waals surface area (Å²) in [5.41, 5.74) is 6.36. The predicted octanol–water partition coefficient (Wildman–Crippen LogP) is 4.35. The van der Waals surface area contributed by atoms with Crippen LogP contribution in [-0.4, -0.2) is 5.11 Å². The molecule has 2 N–H and O–H groups in total. The molecule has 1 aliphatic rings. The first kappa shape index (κ1) is 14.2. The Bertz CT molecular complexity index is 663. The van der Waals surface area contributed by atoms with Gasteiger partial charge in [0.05, 0.1) is 0 Å². The first-order chi connectivity index (χ1) is 10.1. The first-order valence-corrected chi connectivity index (χ1v) is 7.68. The Morgan fingerprint density at radius 1 is 1.05 bits per heavy atom. The minimum Gasteiger partial charge on any atom is -0.508 e. The van der Waals surface area contributed by atoms with Crippen LogP contribution in [-0.2, 0) is 6.54 Å². The molecule has 1 aliphatic carbocycles. The van der Waals surface area contributed by atoms with E-state index in [-0.39, 0.29) is 6.04 Å². The second-order valence-electron chi connectivity index (χ2n) is 6.23. The number of hydrogen-bond donors (Lipinski definition) is 2. The van der Waals surface area contributed by atoms with Crippen LogP contribution in [0.3, 0.4) is 0 Å². The standard InChI is InChI=1S/C19H23NO/c1-12-6-4-5-7-15(12)11-20-16-10-14(3)18-13(2)8-9-17(21)19(16)18/h4-9,14,16,20-21H,10-11H2,1-3H3. The van der Waals surface area contributed by atoms with Gasteiger partial charge in [0.2, 0.25) is 0 Å². The third-order valence-electron chi connectivity index (χ3n) is 4.71. The van der Waals surface area contributed by atoms with Gasteiger partial charge in [0.1, 0.15) is 5.75 Å². The summed E-state index contributed by atoms with van der Waals surface area (Å²) < 4.78 is 0. The van der Waals surface area contributed by atoms with Gasteiger partial charge < -0.3 is 10.4 Å². The summed E-state index contributed by atoms with van der Waals surface area (Å²) in [4.78, 5) is 0. The van der Waals surface area contributed by atoms with E-state index in [1.807, 2.05) is 12.1 Å². The van der Waals surface area contributed by atoms with E-state index in [9.17, 15) is 5.11 Å². The van der Waals surface area contributed by atoms with Gasteiger partial charge in [-0.15, -0.1) is 0 Å². The lowest BCUT2D eigenvalue weighted by Gasteiger charge is -2.16. The van der Waals surface area contributed by atoms with Crippen LogP contribution in [0, 0.1) is 13.8 Å². The van der Waals surface area contributed by atoms with Crippen molar-refractivity contribution in [3.05, 3.63) is 64.2 Å². The fourth-order valence-electron chi connectivity index (χ4n) is 3.57. The molecule has 0 aliphatic heterocycles. The third kappa shape index (κ3) is 2.56. The van der Waals surface area contributed by atoms with Gasteiger partial charge in [0.25, 0.3) is 0 Å². The summed E-state index contributed by atoms with van der Waals surface area (Å²) >= 11 is 0. The molecule has 0 aromatic heterocycles. The Morgan fingerprint density at radius 3 is 2.57 bits per heavy atom. The maximum Gasteiger partial charge on any atom is 0.120 e. The van der Waals surface area contributed by atoms with Gasteiger partial charge in [0.15, 0.2) is 0 Å². The van der Waals surface area contributed by atoms with Crippen LogP contribution in [0.1, 0.15) is 53.1 Å². The quantitative estimate of drug-likeness (QED) is 0.876. The molecule has 0 fully saturated rings. The normalized spacial score (nSPS) is 20.5. The van der Waals surface area contributed by atoms with E-state index in [0.717, 1.165) is 18.5 Å². The first-order valence-electron chi connectivity index (χ1n) is 7.68. The molecular weight excluding hydrogens is 258 g/mol. The molecular formula is C19H23NO. The average Bonchev–Trinajstić information content (AvgIpc) is 2.80. The lowest BCUT2D eigenvalue weighted by atomic mass is 9.97. The van der Waals surface area contributed by atoms with E-state index in [4.69, 9.17) is 0 Å². The van der Waals surface area contributed by atoms with Crippen LogP contribution in [0.5, 0.6) is 5.75 Å². The van der Waals surface area contributed by atoms with Crippen molar-refractivity contribution in [1.29, 1.82) is 0 Å².